The largest absolute Gasteiger partial charge is 0.478 e. The molecular weight excluding hydrogens is 299 g/mol. The number of carbonyl (C=O) groups excluding carboxylic acids is 1. The zero-order valence-corrected chi connectivity index (χ0v) is 12.4. The maximum Gasteiger partial charge on any atom is 0.335 e. The summed E-state index contributed by atoms with van der Waals surface area (Å²) in [7, 11) is 0. The van der Waals surface area contributed by atoms with Crippen molar-refractivity contribution in [2.45, 2.75) is 19.5 Å². The minimum Gasteiger partial charge on any atom is -0.478 e. The van der Waals surface area contributed by atoms with Crippen LogP contribution in [0.15, 0.2) is 42.5 Å². The van der Waals surface area contributed by atoms with E-state index in [4.69, 9.17) is 5.11 Å². The van der Waals surface area contributed by atoms with Crippen molar-refractivity contribution in [3.8, 4) is 0 Å². The van der Waals surface area contributed by atoms with Gasteiger partial charge in [0.2, 0.25) is 5.91 Å². The lowest BCUT2D eigenvalue weighted by molar-refractivity contribution is -0.119. The molecule has 0 bridgehead atoms. The number of hydrogen-bond acceptors (Lipinski definition) is 3. The lowest BCUT2D eigenvalue weighted by Gasteiger charge is -2.34. The summed E-state index contributed by atoms with van der Waals surface area (Å²) in [5.41, 5.74) is 1.99. The van der Waals surface area contributed by atoms with Gasteiger partial charge in [0.15, 0.2) is 0 Å². The number of nitrogens with zero attached hydrogens (tertiary/aromatic N) is 1. The SMILES string of the molecule is CC1Nc2cc(F)ccc2N(Cc2cccc(C(=O)O)c2)C1=O. The molecule has 23 heavy (non-hydrogen) atoms. The van der Waals surface area contributed by atoms with Gasteiger partial charge < -0.3 is 15.3 Å². The maximum absolute atomic E-state index is 13.4. The first kappa shape index (κ1) is 15.0. The number of aromatic carboxylic acids is 1. The molecule has 0 radical (unpaired) electrons. The minimum absolute atomic E-state index is 0.148. The fourth-order valence-corrected chi connectivity index (χ4v) is 2.66. The number of carbonyl (C=O) groups is 2. The fraction of sp³-hybridized carbons (Fsp3) is 0.176. The number of amides is 1. The molecule has 3 rings (SSSR count). The molecule has 0 aromatic heterocycles. The van der Waals surface area contributed by atoms with E-state index in [9.17, 15) is 14.0 Å². The van der Waals surface area contributed by atoms with Crippen molar-refractivity contribution in [3.63, 3.8) is 0 Å². The van der Waals surface area contributed by atoms with Crippen LogP contribution in [0.4, 0.5) is 15.8 Å². The molecule has 1 aliphatic rings. The van der Waals surface area contributed by atoms with Gasteiger partial charge in [0, 0.05) is 0 Å². The van der Waals surface area contributed by atoms with Crippen LogP contribution in [-0.2, 0) is 11.3 Å². The number of halogens is 1. The van der Waals surface area contributed by atoms with E-state index in [0.717, 1.165) is 0 Å². The Morgan fingerprint density at radius 2 is 2.09 bits per heavy atom. The Labute approximate surface area is 132 Å². The quantitative estimate of drug-likeness (QED) is 0.914. The lowest BCUT2D eigenvalue weighted by atomic mass is 10.1. The second-order valence-corrected chi connectivity index (χ2v) is 5.46. The molecule has 118 valence electrons. The molecule has 2 aromatic rings. The Morgan fingerprint density at radius 1 is 1.30 bits per heavy atom. The first-order valence-electron chi connectivity index (χ1n) is 7.15. The smallest absolute Gasteiger partial charge is 0.335 e. The second kappa shape index (κ2) is 5.72. The second-order valence-electron chi connectivity index (χ2n) is 5.46. The van der Waals surface area contributed by atoms with Crippen LogP contribution in [0.25, 0.3) is 0 Å². The molecule has 2 aromatic carbocycles. The van der Waals surface area contributed by atoms with Crippen LogP contribution in [0.1, 0.15) is 22.8 Å². The Morgan fingerprint density at radius 3 is 2.83 bits per heavy atom. The van der Waals surface area contributed by atoms with E-state index in [1.807, 2.05) is 0 Å². The Kier molecular flexibility index (Phi) is 3.73. The van der Waals surface area contributed by atoms with E-state index in [2.05, 4.69) is 5.32 Å². The van der Waals surface area contributed by atoms with Gasteiger partial charge in [-0.1, -0.05) is 12.1 Å². The predicted molar refractivity (Wildman–Crippen MR) is 84.1 cm³/mol. The molecule has 0 saturated heterocycles. The number of carboxylic acids is 1. The van der Waals surface area contributed by atoms with E-state index in [1.165, 1.54) is 29.2 Å². The minimum atomic E-state index is -1.02. The van der Waals surface area contributed by atoms with Crippen molar-refractivity contribution in [1.82, 2.24) is 0 Å². The van der Waals surface area contributed by atoms with Crippen LogP contribution in [-0.4, -0.2) is 23.0 Å². The van der Waals surface area contributed by atoms with Gasteiger partial charge in [0.1, 0.15) is 11.9 Å². The van der Waals surface area contributed by atoms with Crippen molar-refractivity contribution < 1.29 is 19.1 Å². The van der Waals surface area contributed by atoms with Crippen LogP contribution >= 0.6 is 0 Å². The highest BCUT2D eigenvalue weighted by Gasteiger charge is 2.29. The Bertz CT molecular complexity index is 791. The van der Waals surface area contributed by atoms with Gasteiger partial charge >= 0.3 is 5.97 Å². The molecule has 1 amide bonds. The summed E-state index contributed by atoms with van der Waals surface area (Å²) in [6, 6.07) is 10.1. The van der Waals surface area contributed by atoms with Crippen molar-refractivity contribution in [2.75, 3.05) is 10.2 Å². The normalized spacial score (nSPS) is 16.7. The molecule has 5 nitrogen and oxygen atoms in total. The summed E-state index contributed by atoms with van der Waals surface area (Å²) in [6.45, 7) is 1.93. The average Bonchev–Trinajstić information content (AvgIpc) is 2.52. The lowest BCUT2D eigenvalue weighted by Crippen LogP contribution is -2.45. The van der Waals surface area contributed by atoms with Gasteiger partial charge in [-0.15, -0.1) is 0 Å². The summed E-state index contributed by atoms with van der Waals surface area (Å²) >= 11 is 0. The topological polar surface area (TPSA) is 69.6 Å². The van der Waals surface area contributed by atoms with E-state index >= 15 is 0 Å². The zero-order valence-electron chi connectivity index (χ0n) is 12.4. The van der Waals surface area contributed by atoms with Crippen molar-refractivity contribution in [1.29, 1.82) is 0 Å². The van der Waals surface area contributed by atoms with Gasteiger partial charge in [-0.2, -0.15) is 0 Å². The summed E-state index contributed by atoms with van der Waals surface area (Å²) in [6.07, 6.45) is 0. The molecule has 1 heterocycles. The summed E-state index contributed by atoms with van der Waals surface area (Å²) in [5.74, 6) is -1.55. The third-order valence-corrected chi connectivity index (χ3v) is 3.77. The van der Waals surface area contributed by atoms with Crippen molar-refractivity contribution >= 4 is 23.3 Å². The van der Waals surface area contributed by atoms with Crippen LogP contribution < -0.4 is 10.2 Å². The molecule has 0 spiro atoms. The number of carboxylic acid groups (broad SMARTS) is 1. The third-order valence-electron chi connectivity index (χ3n) is 3.77. The molecule has 6 heteroatoms. The number of nitrogens with one attached hydrogen (secondary N) is 1. The Balaban J connectivity index is 1.97. The first-order chi connectivity index (χ1) is 11.0. The molecular formula is C17H15FN2O3. The van der Waals surface area contributed by atoms with E-state index in [0.29, 0.717) is 16.9 Å². The summed E-state index contributed by atoms with van der Waals surface area (Å²) in [4.78, 5) is 25.1. The molecule has 0 aliphatic carbocycles. The molecule has 1 aliphatic heterocycles. The van der Waals surface area contributed by atoms with E-state index in [1.54, 1.807) is 25.1 Å². The first-order valence-corrected chi connectivity index (χ1v) is 7.15. The van der Waals surface area contributed by atoms with E-state index < -0.39 is 12.0 Å². The number of rotatable bonds is 3. The predicted octanol–water partition coefficient (Wildman–Crippen LogP) is 2.87. The highest BCUT2D eigenvalue weighted by Crippen LogP contribution is 2.33. The maximum atomic E-state index is 13.4. The zero-order chi connectivity index (χ0) is 16.6. The average molecular weight is 314 g/mol. The standard InChI is InChI=1S/C17H15FN2O3/c1-10-16(21)20(15-6-5-13(18)8-14(15)19-10)9-11-3-2-4-12(7-11)17(22)23/h2-8,10,19H,9H2,1H3,(H,22,23). The molecule has 1 unspecified atom stereocenters. The van der Waals surface area contributed by atoms with Crippen LogP contribution in [0.2, 0.25) is 0 Å². The van der Waals surface area contributed by atoms with Crippen molar-refractivity contribution in [2.24, 2.45) is 0 Å². The Hall–Kier alpha value is -2.89. The number of anilines is 2. The molecule has 2 N–H and O–H groups in total. The summed E-state index contributed by atoms with van der Waals surface area (Å²) < 4.78 is 13.4. The van der Waals surface area contributed by atoms with Gasteiger partial charge in [0.25, 0.3) is 0 Å². The number of hydrogen-bond donors (Lipinski definition) is 2. The van der Waals surface area contributed by atoms with Crippen LogP contribution in [0.5, 0.6) is 0 Å². The van der Waals surface area contributed by atoms with Crippen LogP contribution in [0, 0.1) is 5.82 Å². The molecule has 1 atom stereocenters. The number of benzene rings is 2. The number of fused-ring (bicyclic) bond motifs is 1. The van der Waals surface area contributed by atoms with Crippen molar-refractivity contribution in [3.05, 3.63) is 59.4 Å². The van der Waals surface area contributed by atoms with E-state index in [-0.39, 0.29) is 23.8 Å². The van der Waals surface area contributed by atoms with Gasteiger partial charge in [-0.25, -0.2) is 9.18 Å². The van der Waals surface area contributed by atoms with Gasteiger partial charge in [0.05, 0.1) is 23.5 Å². The third kappa shape index (κ3) is 2.88. The highest BCUT2D eigenvalue weighted by atomic mass is 19.1. The molecule has 0 fully saturated rings. The summed E-state index contributed by atoms with van der Waals surface area (Å²) in [5, 5.41) is 12.0. The van der Waals surface area contributed by atoms with Crippen LogP contribution in [0.3, 0.4) is 0 Å². The fourth-order valence-electron chi connectivity index (χ4n) is 2.66. The molecule has 0 saturated carbocycles. The van der Waals surface area contributed by atoms with Gasteiger partial charge in [-0.3, -0.25) is 4.79 Å². The highest BCUT2D eigenvalue weighted by molar-refractivity contribution is 6.04. The van der Waals surface area contributed by atoms with Gasteiger partial charge in [-0.05, 0) is 42.8 Å². The monoisotopic (exact) mass is 314 g/mol.